The summed E-state index contributed by atoms with van der Waals surface area (Å²) >= 11 is 0. The molecular weight excluding hydrogens is 199 g/mol. The van der Waals surface area contributed by atoms with Crippen LogP contribution in [-0.2, 0) is 9.31 Å². The minimum absolute atomic E-state index is 0.0416. The first kappa shape index (κ1) is 10.9. The van der Waals surface area contributed by atoms with Crippen LogP contribution < -0.4 is 0 Å². The number of fused-ring (bicyclic) bond motifs is 5. The van der Waals surface area contributed by atoms with E-state index in [0.717, 1.165) is 6.32 Å². The van der Waals surface area contributed by atoms with E-state index in [2.05, 4.69) is 27.4 Å². The fourth-order valence-electron chi connectivity index (χ4n) is 4.61. The molecule has 3 fully saturated rings. The molecule has 2 saturated carbocycles. The molecule has 0 N–H and O–H groups in total. The molecule has 2 bridgehead atoms. The van der Waals surface area contributed by atoms with E-state index in [1.165, 1.54) is 12.8 Å². The van der Waals surface area contributed by atoms with E-state index in [1.807, 2.05) is 6.08 Å². The predicted molar refractivity (Wildman–Crippen MR) is 65.1 cm³/mol. The first-order chi connectivity index (χ1) is 7.50. The second-order valence-corrected chi connectivity index (χ2v) is 6.37. The van der Waals surface area contributed by atoms with Crippen molar-refractivity contribution in [1.29, 1.82) is 0 Å². The quantitative estimate of drug-likeness (QED) is 0.526. The van der Waals surface area contributed by atoms with Gasteiger partial charge in [-0.25, -0.2) is 0 Å². The Hall–Kier alpha value is -0.275. The maximum absolute atomic E-state index is 6.19. The van der Waals surface area contributed by atoms with E-state index in [0.29, 0.717) is 23.4 Å². The molecule has 3 rings (SSSR count). The molecule has 0 amide bonds. The van der Waals surface area contributed by atoms with E-state index in [4.69, 9.17) is 9.31 Å². The fourth-order valence-corrected chi connectivity index (χ4v) is 4.61. The predicted octanol–water partition coefficient (Wildman–Crippen LogP) is 2.90. The summed E-state index contributed by atoms with van der Waals surface area (Å²) in [6.07, 6.45) is 5.62. The van der Waals surface area contributed by atoms with Gasteiger partial charge in [-0.3, -0.25) is 0 Å². The van der Waals surface area contributed by atoms with Crippen LogP contribution in [0.2, 0.25) is 6.32 Å². The number of hydrogen-bond donors (Lipinski definition) is 0. The van der Waals surface area contributed by atoms with Gasteiger partial charge in [0, 0.05) is 6.32 Å². The Bertz CT molecular complexity index is 328. The molecule has 1 heterocycles. The average molecular weight is 220 g/mol. The third-order valence-electron chi connectivity index (χ3n) is 5.29. The Kier molecular flexibility index (Phi) is 2.13. The normalized spacial score (nSPS) is 48.4. The zero-order chi connectivity index (χ0) is 11.6. The highest BCUT2D eigenvalue weighted by molar-refractivity contribution is 6.46. The van der Waals surface area contributed by atoms with Gasteiger partial charge in [-0.1, -0.05) is 19.9 Å². The van der Waals surface area contributed by atoms with Crippen molar-refractivity contribution >= 4 is 7.12 Å². The monoisotopic (exact) mass is 220 g/mol. The summed E-state index contributed by atoms with van der Waals surface area (Å²) in [5.41, 5.74) is 0.346. The van der Waals surface area contributed by atoms with Crippen molar-refractivity contribution < 1.29 is 9.31 Å². The summed E-state index contributed by atoms with van der Waals surface area (Å²) in [5, 5.41) is 0. The van der Waals surface area contributed by atoms with Gasteiger partial charge in [0.05, 0.1) is 11.7 Å². The number of rotatable bonds is 2. The van der Waals surface area contributed by atoms with Crippen LogP contribution in [0.25, 0.3) is 0 Å². The lowest BCUT2D eigenvalue weighted by Gasteiger charge is -2.35. The number of allylic oxidation sites excluding steroid dienone is 1. The summed E-state index contributed by atoms with van der Waals surface area (Å²) in [6.45, 7) is 10.8. The van der Waals surface area contributed by atoms with E-state index < -0.39 is 0 Å². The molecule has 0 spiro atoms. The molecule has 1 saturated heterocycles. The summed E-state index contributed by atoms with van der Waals surface area (Å²) in [5.74, 6) is 1.34. The summed E-state index contributed by atoms with van der Waals surface area (Å²) in [7, 11) is -0.0494. The van der Waals surface area contributed by atoms with Crippen molar-refractivity contribution in [3.8, 4) is 0 Å². The molecule has 4 atom stereocenters. The van der Waals surface area contributed by atoms with Crippen LogP contribution in [0.4, 0.5) is 0 Å². The molecule has 0 aromatic heterocycles. The van der Waals surface area contributed by atoms with E-state index >= 15 is 0 Å². The maximum atomic E-state index is 6.19. The molecule has 1 aliphatic heterocycles. The Balaban J connectivity index is 1.89. The van der Waals surface area contributed by atoms with Crippen molar-refractivity contribution in [3.63, 3.8) is 0 Å². The molecule has 0 radical (unpaired) electrons. The van der Waals surface area contributed by atoms with Crippen molar-refractivity contribution in [2.75, 3.05) is 0 Å². The van der Waals surface area contributed by atoms with Crippen LogP contribution in [-0.4, -0.2) is 18.8 Å². The van der Waals surface area contributed by atoms with Gasteiger partial charge in [0.2, 0.25) is 0 Å². The summed E-state index contributed by atoms with van der Waals surface area (Å²) in [6, 6.07) is 0. The zero-order valence-electron chi connectivity index (χ0n) is 10.5. The summed E-state index contributed by atoms with van der Waals surface area (Å²) < 4.78 is 12.3. The van der Waals surface area contributed by atoms with Crippen LogP contribution >= 0.6 is 0 Å². The smallest absolute Gasteiger partial charge is 0.405 e. The number of hydrogen-bond acceptors (Lipinski definition) is 2. The second kappa shape index (κ2) is 3.14. The van der Waals surface area contributed by atoms with Crippen LogP contribution in [0, 0.1) is 17.3 Å². The largest absolute Gasteiger partial charge is 0.461 e. The van der Waals surface area contributed by atoms with Gasteiger partial charge in [0.15, 0.2) is 0 Å². The van der Waals surface area contributed by atoms with Crippen LogP contribution in [0.5, 0.6) is 0 Å². The zero-order valence-corrected chi connectivity index (χ0v) is 10.5. The van der Waals surface area contributed by atoms with E-state index in [1.54, 1.807) is 0 Å². The molecule has 0 unspecified atom stereocenters. The lowest BCUT2D eigenvalue weighted by molar-refractivity contribution is 0.00330. The molecule has 0 aromatic rings. The fraction of sp³-hybridized carbons (Fsp3) is 0.846. The Labute approximate surface area is 98.5 Å². The van der Waals surface area contributed by atoms with E-state index in [9.17, 15) is 0 Å². The molecule has 3 aliphatic rings. The third kappa shape index (κ3) is 1.11. The van der Waals surface area contributed by atoms with Crippen molar-refractivity contribution in [3.05, 3.63) is 12.7 Å². The van der Waals surface area contributed by atoms with Gasteiger partial charge in [-0.2, -0.15) is 0 Å². The van der Waals surface area contributed by atoms with Gasteiger partial charge in [-0.15, -0.1) is 6.58 Å². The standard InChI is InChI=1S/C13H21BO2/c1-5-8-14-15-11-9-6-7-10(12(9,2)3)13(11,4)16-14/h5,9-11H,1,6-8H2,2-4H3/t9-,10-,11+,13-/m1/s1. The van der Waals surface area contributed by atoms with Crippen molar-refractivity contribution in [1.82, 2.24) is 0 Å². The highest BCUT2D eigenvalue weighted by atomic mass is 16.7. The molecule has 88 valence electrons. The SMILES string of the molecule is C=CCB1O[C@H]2[C@H]3CC[C@H](C3(C)C)[C@@]2(C)O1. The van der Waals surface area contributed by atoms with Gasteiger partial charge < -0.3 is 9.31 Å². The minimum atomic E-state index is -0.0494. The molecule has 0 aromatic carbocycles. The highest BCUT2D eigenvalue weighted by Gasteiger charge is 2.69. The molecule has 3 heteroatoms. The third-order valence-corrected chi connectivity index (χ3v) is 5.29. The van der Waals surface area contributed by atoms with Gasteiger partial charge in [-0.05, 0) is 37.0 Å². The van der Waals surface area contributed by atoms with Crippen LogP contribution in [0.3, 0.4) is 0 Å². The molecule has 16 heavy (non-hydrogen) atoms. The lowest BCUT2D eigenvalue weighted by atomic mass is 9.77. The first-order valence-electron chi connectivity index (χ1n) is 6.44. The second-order valence-electron chi connectivity index (χ2n) is 6.37. The first-order valence-corrected chi connectivity index (χ1v) is 6.44. The van der Waals surface area contributed by atoms with Crippen molar-refractivity contribution in [2.45, 2.75) is 51.6 Å². The summed E-state index contributed by atoms with van der Waals surface area (Å²) in [4.78, 5) is 0. The molecule has 2 aliphatic carbocycles. The molecule has 2 nitrogen and oxygen atoms in total. The topological polar surface area (TPSA) is 18.5 Å². The van der Waals surface area contributed by atoms with Gasteiger partial charge in [0.25, 0.3) is 0 Å². The average Bonchev–Trinajstić information content (AvgIpc) is 2.71. The highest BCUT2D eigenvalue weighted by Crippen LogP contribution is 2.65. The Morgan fingerprint density at radius 3 is 2.75 bits per heavy atom. The Morgan fingerprint density at radius 2 is 2.12 bits per heavy atom. The van der Waals surface area contributed by atoms with Crippen LogP contribution in [0.1, 0.15) is 33.6 Å². The van der Waals surface area contributed by atoms with Crippen LogP contribution in [0.15, 0.2) is 12.7 Å². The molecular formula is C13H21BO2. The Morgan fingerprint density at radius 1 is 1.38 bits per heavy atom. The van der Waals surface area contributed by atoms with E-state index in [-0.39, 0.29) is 12.7 Å². The van der Waals surface area contributed by atoms with Gasteiger partial charge in [0.1, 0.15) is 0 Å². The minimum Gasteiger partial charge on any atom is -0.405 e. The van der Waals surface area contributed by atoms with Gasteiger partial charge >= 0.3 is 7.12 Å². The lowest BCUT2D eigenvalue weighted by Crippen LogP contribution is -2.42. The van der Waals surface area contributed by atoms with Crippen molar-refractivity contribution in [2.24, 2.45) is 17.3 Å². The maximum Gasteiger partial charge on any atom is 0.461 e.